The maximum atomic E-state index is 12.9. The van der Waals surface area contributed by atoms with Crippen molar-refractivity contribution in [3.63, 3.8) is 0 Å². The highest BCUT2D eigenvalue weighted by Crippen LogP contribution is 2.18. The first-order chi connectivity index (χ1) is 12.6. The van der Waals surface area contributed by atoms with Crippen molar-refractivity contribution in [1.29, 1.82) is 0 Å². The number of hydrogen-bond acceptors (Lipinski definition) is 4. The molecule has 1 aliphatic heterocycles. The van der Waals surface area contributed by atoms with Crippen LogP contribution in [-0.4, -0.2) is 51.2 Å². The van der Waals surface area contributed by atoms with E-state index in [2.05, 4.69) is 4.98 Å². The van der Waals surface area contributed by atoms with Crippen molar-refractivity contribution in [3.8, 4) is 5.69 Å². The summed E-state index contributed by atoms with van der Waals surface area (Å²) >= 11 is 5.94. The molecule has 8 heteroatoms. The topological polar surface area (TPSA) is 69.4 Å². The molecule has 1 amide bonds. The molecule has 3 aromatic rings. The molecule has 0 aliphatic carbocycles. The summed E-state index contributed by atoms with van der Waals surface area (Å²) in [4.78, 5) is 31.2. The maximum absolute atomic E-state index is 12.9. The highest BCUT2D eigenvalue weighted by Gasteiger charge is 2.30. The Morgan fingerprint density at radius 2 is 2.00 bits per heavy atom. The molecule has 0 atom stereocenters. The number of aromatic nitrogens is 3. The second-order valence-corrected chi connectivity index (χ2v) is 6.67. The van der Waals surface area contributed by atoms with Crippen LogP contribution in [0.4, 0.5) is 0 Å². The molecule has 0 unspecified atom stereocenters. The number of hydrogen-bond donors (Lipinski definition) is 0. The normalized spacial score (nSPS) is 14.6. The Bertz CT molecular complexity index is 1020. The SMILES string of the molecule is COC1CN(C(=O)Cn2cnc3ccn(-c4ccc(Cl)cc4)c3c2=O)C1. The molecular formula is C18H17ClN4O3. The molecule has 2 aromatic heterocycles. The fourth-order valence-corrected chi connectivity index (χ4v) is 3.15. The fourth-order valence-electron chi connectivity index (χ4n) is 3.03. The Morgan fingerprint density at radius 3 is 2.69 bits per heavy atom. The lowest BCUT2D eigenvalue weighted by Gasteiger charge is -2.38. The van der Waals surface area contributed by atoms with Crippen molar-refractivity contribution in [3.05, 3.63) is 58.2 Å². The molecule has 3 heterocycles. The Hall–Kier alpha value is -2.64. The van der Waals surface area contributed by atoms with Gasteiger partial charge >= 0.3 is 0 Å². The molecule has 26 heavy (non-hydrogen) atoms. The number of fused-ring (bicyclic) bond motifs is 1. The van der Waals surface area contributed by atoms with Crippen LogP contribution in [0.5, 0.6) is 0 Å². The van der Waals surface area contributed by atoms with Gasteiger partial charge in [0.1, 0.15) is 12.1 Å². The van der Waals surface area contributed by atoms with E-state index < -0.39 is 0 Å². The molecule has 1 aliphatic rings. The fraction of sp³-hybridized carbons (Fsp3) is 0.278. The number of methoxy groups -OCH3 is 1. The molecule has 0 saturated carbocycles. The standard InChI is InChI=1S/C18H17ClN4O3/c1-26-14-8-21(9-14)16(24)10-22-11-20-15-6-7-23(17(15)18(22)25)13-4-2-12(19)3-5-13/h2-7,11,14H,8-10H2,1H3. The van der Waals surface area contributed by atoms with Crippen LogP contribution in [0.2, 0.25) is 5.02 Å². The monoisotopic (exact) mass is 372 g/mol. The van der Waals surface area contributed by atoms with E-state index >= 15 is 0 Å². The first-order valence-corrected chi connectivity index (χ1v) is 8.57. The summed E-state index contributed by atoms with van der Waals surface area (Å²) in [6.07, 6.45) is 3.29. The van der Waals surface area contributed by atoms with Crippen LogP contribution in [0.25, 0.3) is 16.7 Å². The number of likely N-dealkylation sites (tertiary alicyclic amines) is 1. The lowest BCUT2D eigenvalue weighted by Crippen LogP contribution is -2.55. The first-order valence-electron chi connectivity index (χ1n) is 8.20. The van der Waals surface area contributed by atoms with Gasteiger partial charge in [0.25, 0.3) is 5.56 Å². The van der Waals surface area contributed by atoms with Crippen LogP contribution in [0.1, 0.15) is 0 Å². The lowest BCUT2D eigenvalue weighted by atomic mass is 10.1. The van der Waals surface area contributed by atoms with Gasteiger partial charge in [-0.2, -0.15) is 0 Å². The zero-order valence-corrected chi connectivity index (χ0v) is 14.9. The van der Waals surface area contributed by atoms with Crippen molar-refractivity contribution in [2.75, 3.05) is 20.2 Å². The van der Waals surface area contributed by atoms with Crippen molar-refractivity contribution < 1.29 is 9.53 Å². The molecular weight excluding hydrogens is 356 g/mol. The minimum atomic E-state index is -0.257. The van der Waals surface area contributed by atoms with Crippen LogP contribution >= 0.6 is 11.6 Å². The summed E-state index contributed by atoms with van der Waals surface area (Å²) in [6, 6.07) is 8.95. The van der Waals surface area contributed by atoms with Crippen LogP contribution in [-0.2, 0) is 16.1 Å². The second-order valence-electron chi connectivity index (χ2n) is 6.23. The van der Waals surface area contributed by atoms with Crippen LogP contribution in [0.15, 0.2) is 47.7 Å². The number of benzene rings is 1. The van der Waals surface area contributed by atoms with Crippen LogP contribution < -0.4 is 5.56 Å². The summed E-state index contributed by atoms with van der Waals surface area (Å²) in [5.74, 6) is -0.119. The van der Waals surface area contributed by atoms with Gasteiger partial charge < -0.3 is 14.2 Å². The molecule has 0 radical (unpaired) electrons. The smallest absolute Gasteiger partial charge is 0.278 e. The predicted octanol–water partition coefficient (Wildman–Crippen LogP) is 1.70. The molecule has 1 fully saturated rings. The average molecular weight is 373 g/mol. The third-order valence-electron chi connectivity index (χ3n) is 4.61. The Balaban J connectivity index is 1.66. The number of carbonyl (C=O) groups is 1. The van der Waals surface area contributed by atoms with E-state index in [9.17, 15) is 9.59 Å². The van der Waals surface area contributed by atoms with Crippen LogP contribution in [0.3, 0.4) is 0 Å². The van der Waals surface area contributed by atoms with Gasteiger partial charge in [-0.05, 0) is 30.3 Å². The summed E-state index contributed by atoms with van der Waals surface area (Å²) in [6.45, 7) is 1.08. The molecule has 7 nitrogen and oxygen atoms in total. The summed E-state index contributed by atoms with van der Waals surface area (Å²) in [7, 11) is 1.62. The molecule has 1 saturated heterocycles. The third kappa shape index (κ3) is 2.89. The van der Waals surface area contributed by atoms with Crippen molar-refractivity contribution in [2.24, 2.45) is 0 Å². The summed E-state index contributed by atoms with van der Waals surface area (Å²) in [5, 5.41) is 0.621. The van der Waals surface area contributed by atoms with E-state index in [0.717, 1.165) is 5.69 Å². The van der Waals surface area contributed by atoms with E-state index in [1.165, 1.54) is 10.9 Å². The summed E-state index contributed by atoms with van der Waals surface area (Å²) in [5.41, 5.74) is 1.56. The van der Waals surface area contributed by atoms with Crippen molar-refractivity contribution in [1.82, 2.24) is 19.0 Å². The van der Waals surface area contributed by atoms with E-state index in [-0.39, 0.29) is 24.1 Å². The minimum Gasteiger partial charge on any atom is -0.378 e. The number of ether oxygens (including phenoxy) is 1. The van der Waals surface area contributed by atoms with Gasteiger partial charge in [-0.15, -0.1) is 0 Å². The van der Waals surface area contributed by atoms with E-state index in [4.69, 9.17) is 16.3 Å². The van der Waals surface area contributed by atoms with Gasteiger partial charge in [-0.25, -0.2) is 4.98 Å². The number of rotatable bonds is 4. The quantitative estimate of drug-likeness (QED) is 0.699. The second kappa shape index (κ2) is 6.59. The Kier molecular flexibility index (Phi) is 4.26. The Morgan fingerprint density at radius 1 is 1.27 bits per heavy atom. The van der Waals surface area contributed by atoms with Gasteiger partial charge in [0.15, 0.2) is 0 Å². The van der Waals surface area contributed by atoms with Crippen LogP contribution in [0, 0.1) is 0 Å². The molecule has 1 aromatic carbocycles. The molecule has 4 rings (SSSR count). The lowest BCUT2D eigenvalue weighted by molar-refractivity contribution is -0.143. The number of amides is 1. The first kappa shape index (κ1) is 16.8. The largest absolute Gasteiger partial charge is 0.378 e. The van der Waals surface area contributed by atoms with Gasteiger partial charge in [0.05, 0.1) is 17.9 Å². The van der Waals surface area contributed by atoms with Gasteiger partial charge in [0.2, 0.25) is 5.91 Å². The maximum Gasteiger partial charge on any atom is 0.278 e. The number of nitrogens with zero attached hydrogens (tertiary/aromatic N) is 4. The van der Waals surface area contributed by atoms with Crippen molar-refractivity contribution in [2.45, 2.75) is 12.6 Å². The molecule has 0 spiro atoms. The van der Waals surface area contributed by atoms with Gasteiger partial charge in [0, 0.05) is 37.1 Å². The summed E-state index contributed by atoms with van der Waals surface area (Å²) < 4.78 is 8.27. The average Bonchev–Trinajstić information content (AvgIpc) is 3.02. The predicted molar refractivity (Wildman–Crippen MR) is 97.7 cm³/mol. The van der Waals surface area contributed by atoms with E-state index in [0.29, 0.717) is 29.1 Å². The van der Waals surface area contributed by atoms with Gasteiger partial charge in [-0.1, -0.05) is 11.6 Å². The highest BCUT2D eigenvalue weighted by atomic mass is 35.5. The zero-order chi connectivity index (χ0) is 18.3. The van der Waals surface area contributed by atoms with Gasteiger partial charge in [-0.3, -0.25) is 14.2 Å². The zero-order valence-electron chi connectivity index (χ0n) is 14.1. The minimum absolute atomic E-state index is 0.0377. The Labute approximate surface area is 154 Å². The highest BCUT2D eigenvalue weighted by molar-refractivity contribution is 6.30. The van der Waals surface area contributed by atoms with E-state index in [1.54, 1.807) is 41.0 Å². The molecule has 0 N–H and O–H groups in total. The number of carbonyl (C=O) groups excluding carboxylic acids is 1. The van der Waals surface area contributed by atoms with Crippen molar-refractivity contribution >= 4 is 28.5 Å². The molecule has 134 valence electrons. The molecule has 0 bridgehead atoms. The third-order valence-corrected chi connectivity index (χ3v) is 4.86. The van der Waals surface area contributed by atoms with E-state index in [1.807, 2.05) is 12.1 Å². The number of halogens is 1.